The van der Waals surface area contributed by atoms with Crippen LogP contribution in [0.1, 0.15) is 62.4 Å². The molecule has 142 valence electrons. The number of anilines is 1. The second-order valence-corrected chi connectivity index (χ2v) is 8.40. The summed E-state index contributed by atoms with van der Waals surface area (Å²) in [7, 11) is 0. The maximum atomic E-state index is 12.3. The summed E-state index contributed by atoms with van der Waals surface area (Å²) in [6.07, 6.45) is 11.3. The Balaban J connectivity index is 1.23. The van der Waals surface area contributed by atoms with E-state index in [1.54, 1.807) is 17.5 Å². The van der Waals surface area contributed by atoms with E-state index in [9.17, 15) is 4.79 Å². The van der Waals surface area contributed by atoms with Crippen molar-refractivity contribution in [3.8, 4) is 0 Å². The molecule has 0 aliphatic heterocycles. The SMILES string of the molecule is O=C(CCCCc1nc2ccccc2s1)Nc1ccnn1C1CCCCC1. The van der Waals surface area contributed by atoms with E-state index in [4.69, 9.17) is 0 Å². The van der Waals surface area contributed by atoms with Crippen LogP contribution < -0.4 is 5.32 Å². The van der Waals surface area contributed by atoms with Crippen molar-refractivity contribution in [3.63, 3.8) is 0 Å². The van der Waals surface area contributed by atoms with Gasteiger partial charge >= 0.3 is 0 Å². The average Bonchev–Trinajstić information content (AvgIpc) is 3.32. The third-order valence-corrected chi connectivity index (χ3v) is 6.34. The van der Waals surface area contributed by atoms with E-state index < -0.39 is 0 Å². The van der Waals surface area contributed by atoms with Crippen LogP contribution in [0.4, 0.5) is 5.82 Å². The van der Waals surface area contributed by atoms with Gasteiger partial charge in [-0.25, -0.2) is 9.67 Å². The van der Waals surface area contributed by atoms with E-state index in [-0.39, 0.29) is 5.91 Å². The van der Waals surface area contributed by atoms with Gasteiger partial charge < -0.3 is 5.32 Å². The Kier molecular flexibility index (Phi) is 5.82. The number of unbranched alkanes of at least 4 members (excludes halogenated alkanes) is 1. The van der Waals surface area contributed by atoms with E-state index in [0.29, 0.717) is 12.5 Å². The van der Waals surface area contributed by atoms with Crippen LogP contribution in [0.15, 0.2) is 36.5 Å². The summed E-state index contributed by atoms with van der Waals surface area (Å²) in [5.41, 5.74) is 1.08. The number of benzene rings is 1. The highest BCUT2D eigenvalue weighted by Crippen LogP contribution is 2.30. The highest BCUT2D eigenvalue weighted by Gasteiger charge is 2.19. The van der Waals surface area contributed by atoms with Gasteiger partial charge in [0.1, 0.15) is 5.82 Å². The first kappa shape index (κ1) is 18.2. The maximum Gasteiger partial charge on any atom is 0.225 e. The average molecular weight is 383 g/mol. The monoisotopic (exact) mass is 382 g/mol. The van der Waals surface area contributed by atoms with Crippen molar-refractivity contribution in [3.05, 3.63) is 41.5 Å². The van der Waals surface area contributed by atoms with E-state index in [0.717, 1.165) is 48.4 Å². The van der Waals surface area contributed by atoms with Crippen LogP contribution in [0.3, 0.4) is 0 Å². The first-order valence-electron chi connectivity index (χ1n) is 9.97. The van der Waals surface area contributed by atoms with Crippen molar-refractivity contribution in [1.29, 1.82) is 0 Å². The molecule has 1 amide bonds. The third-order valence-electron chi connectivity index (χ3n) is 5.24. The number of hydrogen-bond donors (Lipinski definition) is 1. The number of amides is 1. The summed E-state index contributed by atoms with van der Waals surface area (Å²) in [5.74, 6) is 0.926. The molecule has 0 bridgehead atoms. The number of nitrogens with zero attached hydrogens (tertiary/aromatic N) is 3. The molecule has 5 nitrogen and oxygen atoms in total. The fraction of sp³-hybridized carbons (Fsp3) is 0.476. The smallest absolute Gasteiger partial charge is 0.225 e. The third kappa shape index (κ3) is 4.56. The topological polar surface area (TPSA) is 59.8 Å². The van der Waals surface area contributed by atoms with Gasteiger partial charge in [-0.15, -0.1) is 11.3 Å². The second kappa shape index (κ2) is 8.65. The van der Waals surface area contributed by atoms with Gasteiger partial charge in [0.25, 0.3) is 0 Å². The number of fused-ring (bicyclic) bond motifs is 1. The van der Waals surface area contributed by atoms with Gasteiger partial charge in [-0.2, -0.15) is 5.10 Å². The first-order valence-corrected chi connectivity index (χ1v) is 10.8. The molecule has 1 saturated carbocycles. The number of para-hydroxylation sites is 1. The zero-order chi connectivity index (χ0) is 18.5. The van der Waals surface area contributed by atoms with E-state index >= 15 is 0 Å². The summed E-state index contributed by atoms with van der Waals surface area (Å²) in [6.45, 7) is 0. The van der Waals surface area contributed by atoms with Gasteiger partial charge in [0.15, 0.2) is 0 Å². The van der Waals surface area contributed by atoms with Crippen LogP contribution in [0, 0.1) is 0 Å². The van der Waals surface area contributed by atoms with E-state index in [1.165, 1.54) is 24.0 Å². The van der Waals surface area contributed by atoms with Crippen molar-refractivity contribution < 1.29 is 4.79 Å². The Morgan fingerprint density at radius 3 is 2.85 bits per heavy atom. The van der Waals surface area contributed by atoms with Gasteiger partial charge in [-0.1, -0.05) is 31.4 Å². The lowest BCUT2D eigenvalue weighted by molar-refractivity contribution is -0.116. The number of rotatable bonds is 7. The number of hydrogen-bond acceptors (Lipinski definition) is 4. The first-order chi connectivity index (χ1) is 13.3. The normalized spacial score (nSPS) is 15.3. The number of thiazole rings is 1. The van der Waals surface area contributed by atoms with Crippen molar-refractivity contribution in [2.75, 3.05) is 5.32 Å². The Labute approximate surface area is 163 Å². The van der Waals surface area contributed by atoms with Crippen LogP contribution in [0.25, 0.3) is 10.2 Å². The van der Waals surface area contributed by atoms with Crippen LogP contribution in [-0.2, 0) is 11.2 Å². The molecule has 27 heavy (non-hydrogen) atoms. The molecule has 2 aromatic heterocycles. The van der Waals surface area contributed by atoms with Crippen molar-refractivity contribution >= 4 is 33.3 Å². The minimum absolute atomic E-state index is 0.0804. The van der Waals surface area contributed by atoms with Gasteiger partial charge in [0, 0.05) is 12.5 Å². The Morgan fingerprint density at radius 2 is 2.00 bits per heavy atom. The molecule has 1 fully saturated rings. The molecule has 6 heteroatoms. The van der Waals surface area contributed by atoms with E-state index in [2.05, 4.69) is 27.5 Å². The molecule has 4 rings (SSSR count). The minimum atomic E-state index is 0.0804. The standard InChI is InChI=1S/C21H26N4OS/c26-20(24-19-14-15-22-25(19)16-8-2-1-3-9-16)12-6-7-13-21-23-17-10-4-5-11-18(17)27-21/h4-5,10-11,14-16H,1-3,6-9,12-13H2,(H,24,26). The lowest BCUT2D eigenvalue weighted by Crippen LogP contribution is -2.20. The Bertz CT molecular complexity index is 861. The summed E-state index contributed by atoms with van der Waals surface area (Å²) in [4.78, 5) is 17.0. The number of carbonyl (C=O) groups is 1. The lowest BCUT2D eigenvalue weighted by Gasteiger charge is -2.23. The summed E-state index contributed by atoms with van der Waals surface area (Å²) >= 11 is 1.75. The summed E-state index contributed by atoms with van der Waals surface area (Å²) < 4.78 is 3.25. The Morgan fingerprint density at radius 1 is 1.15 bits per heavy atom. The van der Waals surface area contributed by atoms with E-state index in [1.807, 2.05) is 22.9 Å². The predicted molar refractivity (Wildman–Crippen MR) is 110 cm³/mol. The highest BCUT2D eigenvalue weighted by molar-refractivity contribution is 7.18. The molecule has 0 unspecified atom stereocenters. The summed E-state index contributed by atoms with van der Waals surface area (Å²) in [5, 5.41) is 8.66. The molecule has 1 aliphatic rings. The van der Waals surface area contributed by atoms with Crippen LogP contribution >= 0.6 is 11.3 Å². The lowest BCUT2D eigenvalue weighted by atomic mass is 9.96. The number of aromatic nitrogens is 3. The second-order valence-electron chi connectivity index (χ2n) is 7.28. The van der Waals surface area contributed by atoms with Gasteiger partial charge in [-0.05, 0) is 44.2 Å². The molecule has 0 radical (unpaired) electrons. The molecular formula is C21H26N4OS. The zero-order valence-electron chi connectivity index (χ0n) is 15.6. The molecule has 1 aromatic carbocycles. The molecule has 1 aliphatic carbocycles. The maximum absolute atomic E-state index is 12.3. The van der Waals surface area contributed by atoms with Crippen LogP contribution in [0.5, 0.6) is 0 Å². The van der Waals surface area contributed by atoms with Crippen molar-refractivity contribution in [2.45, 2.75) is 63.8 Å². The van der Waals surface area contributed by atoms with Gasteiger partial charge in [-0.3, -0.25) is 4.79 Å². The van der Waals surface area contributed by atoms with Crippen molar-refractivity contribution in [2.24, 2.45) is 0 Å². The van der Waals surface area contributed by atoms with Crippen molar-refractivity contribution in [1.82, 2.24) is 14.8 Å². The number of aryl methyl sites for hydroxylation is 1. The fourth-order valence-corrected chi connectivity index (χ4v) is 4.83. The molecule has 1 N–H and O–H groups in total. The molecule has 2 heterocycles. The molecule has 0 atom stereocenters. The number of carbonyl (C=O) groups excluding carboxylic acids is 1. The Hall–Kier alpha value is -2.21. The fourth-order valence-electron chi connectivity index (χ4n) is 3.82. The van der Waals surface area contributed by atoms with Gasteiger partial charge in [0.2, 0.25) is 5.91 Å². The highest BCUT2D eigenvalue weighted by atomic mass is 32.1. The molecule has 0 saturated heterocycles. The minimum Gasteiger partial charge on any atom is -0.311 e. The molecule has 0 spiro atoms. The van der Waals surface area contributed by atoms with Gasteiger partial charge in [0.05, 0.1) is 27.5 Å². The zero-order valence-corrected chi connectivity index (χ0v) is 16.4. The quantitative estimate of drug-likeness (QED) is 0.560. The predicted octanol–water partition coefficient (Wildman–Crippen LogP) is 5.35. The summed E-state index contributed by atoms with van der Waals surface area (Å²) in [6, 6.07) is 10.6. The van der Waals surface area contributed by atoms with Crippen LogP contribution in [0.2, 0.25) is 0 Å². The molecular weight excluding hydrogens is 356 g/mol. The number of nitrogens with one attached hydrogen (secondary N) is 1. The van der Waals surface area contributed by atoms with Crippen LogP contribution in [-0.4, -0.2) is 20.7 Å². The molecule has 3 aromatic rings. The largest absolute Gasteiger partial charge is 0.311 e.